The Bertz CT molecular complexity index is 562. The van der Waals surface area contributed by atoms with Crippen molar-refractivity contribution in [2.75, 3.05) is 39.4 Å². The molecule has 6 nitrogen and oxygen atoms in total. The Kier molecular flexibility index (Phi) is 7.54. The molecule has 2 saturated heterocycles. The maximum absolute atomic E-state index is 5.55. The number of likely N-dealkylation sites (tertiary alicyclic amines) is 1. The number of guanidine groups is 1. The topological polar surface area (TPSA) is 62.9 Å². The van der Waals surface area contributed by atoms with Crippen LogP contribution in [0.4, 0.5) is 0 Å². The molecule has 7 heteroatoms. The Morgan fingerprint density at radius 3 is 2.68 bits per heavy atom. The van der Waals surface area contributed by atoms with Crippen molar-refractivity contribution in [2.45, 2.75) is 46.5 Å². The monoisotopic (exact) mass is 462 g/mol. The van der Waals surface area contributed by atoms with Gasteiger partial charge in [-0.05, 0) is 51.9 Å². The quantitative estimate of drug-likeness (QED) is 0.424. The van der Waals surface area contributed by atoms with E-state index in [0.29, 0.717) is 5.41 Å². The fourth-order valence-electron chi connectivity index (χ4n) is 3.89. The van der Waals surface area contributed by atoms with Crippen molar-refractivity contribution < 1.29 is 9.26 Å². The molecule has 0 amide bonds. The minimum atomic E-state index is 0. The first-order chi connectivity index (χ1) is 11.6. The number of hydrogen-bond acceptors (Lipinski definition) is 4. The van der Waals surface area contributed by atoms with Crippen molar-refractivity contribution in [2.24, 2.45) is 10.4 Å². The van der Waals surface area contributed by atoms with Crippen molar-refractivity contribution in [3.8, 4) is 0 Å². The van der Waals surface area contributed by atoms with Crippen molar-refractivity contribution in [1.82, 2.24) is 15.4 Å². The molecule has 0 bridgehead atoms. The SMILES string of the molecule is CCNC(=NCCc1c(C)noc1C)N1CCC2(CCOCC2)C1.I. The summed E-state index contributed by atoms with van der Waals surface area (Å²) in [6.45, 7) is 11.8. The van der Waals surface area contributed by atoms with Gasteiger partial charge >= 0.3 is 0 Å². The average molecular weight is 462 g/mol. The molecule has 3 rings (SSSR count). The largest absolute Gasteiger partial charge is 0.381 e. The van der Waals surface area contributed by atoms with Gasteiger partial charge in [0.1, 0.15) is 5.76 Å². The van der Waals surface area contributed by atoms with Gasteiger partial charge in [0.25, 0.3) is 0 Å². The molecule has 1 spiro atoms. The van der Waals surface area contributed by atoms with Crippen molar-refractivity contribution in [1.29, 1.82) is 0 Å². The van der Waals surface area contributed by atoms with E-state index in [2.05, 4.69) is 22.3 Å². The molecule has 0 aromatic carbocycles. The summed E-state index contributed by atoms with van der Waals surface area (Å²) in [5, 5.41) is 7.48. The van der Waals surface area contributed by atoms with Crippen LogP contribution in [0.1, 0.15) is 43.2 Å². The van der Waals surface area contributed by atoms with Crippen LogP contribution in [0.5, 0.6) is 0 Å². The molecule has 2 aliphatic rings. The number of aromatic nitrogens is 1. The van der Waals surface area contributed by atoms with Gasteiger partial charge in [0.2, 0.25) is 0 Å². The summed E-state index contributed by atoms with van der Waals surface area (Å²) in [7, 11) is 0. The molecule has 0 aliphatic carbocycles. The first kappa shape index (κ1) is 20.5. The van der Waals surface area contributed by atoms with Gasteiger partial charge in [-0.25, -0.2) is 0 Å². The van der Waals surface area contributed by atoms with Gasteiger partial charge in [-0.15, -0.1) is 24.0 Å². The number of halogens is 1. The fourth-order valence-corrected chi connectivity index (χ4v) is 3.89. The standard InChI is InChI=1S/C18H30N4O2.HI/c1-4-19-17(20-9-5-16-14(2)21-24-15(16)3)22-10-6-18(13-22)7-11-23-12-8-18;/h4-13H2,1-3H3,(H,19,20);1H. The van der Waals surface area contributed by atoms with Gasteiger partial charge in [0, 0.05) is 45.0 Å². The van der Waals surface area contributed by atoms with Gasteiger partial charge < -0.3 is 19.5 Å². The first-order valence-electron chi connectivity index (χ1n) is 9.16. The zero-order valence-corrected chi connectivity index (χ0v) is 18.0. The van der Waals surface area contributed by atoms with Crippen LogP contribution in [-0.4, -0.2) is 55.4 Å². The van der Waals surface area contributed by atoms with Crippen molar-refractivity contribution >= 4 is 29.9 Å². The molecule has 0 atom stereocenters. The summed E-state index contributed by atoms with van der Waals surface area (Å²) in [4.78, 5) is 7.29. The van der Waals surface area contributed by atoms with Crippen molar-refractivity contribution in [3.05, 3.63) is 17.0 Å². The molecule has 2 fully saturated rings. The summed E-state index contributed by atoms with van der Waals surface area (Å²) in [5.41, 5.74) is 2.61. The number of aryl methyl sites for hydroxylation is 2. The highest BCUT2D eigenvalue weighted by Crippen LogP contribution is 2.39. The predicted molar refractivity (Wildman–Crippen MR) is 110 cm³/mol. The third kappa shape index (κ3) is 4.87. The van der Waals surface area contributed by atoms with Gasteiger partial charge in [-0.1, -0.05) is 5.16 Å². The molecule has 3 heterocycles. The second-order valence-electron chi connectivity index (χ2n) is 7.07. The predicted octanol–water partition coefficient (Wildman–Crippen LogP) is 2.92. The Hall–Kier alpha value is -0.830. The highest BCUT2D eigenvalue weighted by molar-refractivity contribution is 14.0. The minimum Gasteiger partial charge on any atom is -0.381 e. The minimum absolute atomic E-state index is 0. The summed E-state index contributed by atoms with van der Waals surface area (Å²) < 4.78 is 10.8. The van der Waals surface area contributed by atoms with E-state index in [-0.39, 0.29) is 24.0 Å². The fraction of sp³-hybridized carbons (Fsp3) is 0.778. The number of hydrogen-bond donors (Lipinski definition) is 1. The molecule has 25 heavy (non-hydrogen) atoms. The first-order valence-corrected chi connectivity index (χ1v) is 9.16. The van der Waals surface area contributed by atoms with Crippen LogP contribution in [0.2, 0.25) is 0 Å². The Balaban J connectivity index is 0.00000225. The van der Waals surface area contributed by atoms with E-state index in [1.54, 1.807) is 0 Å². The smallest absolute Gasteiger partial charge is 0.193 e. The summed E-state index contributed by atoms with van der Waals surface area (Å²) in [6.07, 6.45) is 4.50. The average Bonchev–Trinajstić information content (AvgIpc) is 3.13. The van der Waals surface area contributed by atoms with Gasteiger partial charge in [-0.3, -0.25) is 4.99 Å². The van der Waals surface area contributed by atoms with Gasteiger partial charge in [-0.2, -0.15) is 0 Å². The number of aliphatic imine (C=N–C) groups is 1. The Labute approximate surface area is 167 Å². The normalized spacial score (nSPS) is 20.0. The molecular formula is C18H31IN4O2. The number of nitrogens with zero attached hydrogens (tertiary/aromatic N) is 3. The number of rotatable bonds is 4. The molecule has 2 aliphatic heterocycles. The maximum Gasteiger partial charge on any atom is 0.193 e. The van der Waals surface area contributed by atoms with E-state index >= 15 is 0 Å². The lowest BCUT2D eigenvalue weighted by atomic mass is 9.80. The lowest BCUT2D eigenvalue weighted by Crippen LogP contribution is -2.42. The molecule has 1 aromatic rings. The third-order valence-electron chi connectivity index (χ3n) is 5.43. The summed E-state index contributed by atoms with van der Waals surface area (Å²) in [6, 6.07) is 0. The van der Waals surface area contributed by atoms with Crippen LogP contribution in [0.15, 0.2) is 9.52 Å². The highest BCUT2D eigenvalue weighted by atomic mass is 127. The summed E-state index contributed by atoms with van der Waals surface area (Å²) in [5.74, 6) is 1.96. The molecule has 0 saturated carbocycles. The number of ether oxygens (including phenoxy) is 1. The van der Waals surface area contributed by atoms with Crippen LogP contribution in [0.25, 0.3) is 0 Å². The lowest BCUT2D eigenvalue weighted by molar-refractivity contribution is 0.0217. The van der Waals surface area contributed by atoms with Crippen LogP contribution < -0.4 is 5.32 Å². The Morgan fingerprint density at radius 2 is 2.04 bits per heavy atom. The molecular weight excluding hydrogens is 431 g/mol. The van der Waals surface area contributed by atoms with Gasteiger partial charge in [0.15, 0.2) is 5.96 Å². The second kappa shape index (κ2) is 9.21. The van der Waals surface area contributed by atoms with E-state index < -0.39 is 0 Å². The van der Waals surface area contributed by atoms with E-state index in [1.807, 2.05) is 13.8 Å². The van der Waals surface area contributed by atoms with Gasteiger partial charge in [0.05, 0.1) is 5.69 Å². The van der Waals surface area contributed by atoms with Crippen LogP contribution >= 0.6 is 24.0 Å². The van der Waals surface area contributed by atoms with Crippen molar-refractivity contribution in [3.63, 3.8) is 0 Å². The van der Waals surface area contributed by atoms with E-state index in [1.165, 1.54) is 24.8 Å². The van der Waals surface area contributed by atoms with E-state index in [4.69, 9.17) is 14.3 Å². The molecule has 0 radical (unpaired) electrons. The van der Waals surface area contributed by atoms with E-state index in [0.717, 1.165) is 63.2 Å². The lowest BCUT2D eigenvalue weighted by Gasteiger charge is -2.33. The maximum atomic E-state index is 5.55. The van der Waals surface area contributed by atoms with Crippen LogP contribution in [0.3, 0.4) is 0 Å². The number of nitrogens with one attached hydrogen (secondary N) is 1. The van der Waals surface area contributed by atoms with E-state index in [9.17, 15) is 0 Å². The highest BCUT2D eigenvalue weighted by Gasteiger charge is 2.40. The third-order valence-corrected chi connectivity index (χ3v) is 5.43. The zero-order valence-electron chi connectivity index (χ0n) is 15.6. The Morgan fingerprint density at radius 1 is 1.28 bits per heavy atom. The van der Waals surface area contributed by atoms with Crippen LogP contribution in [-0.2, 0) is 11.2 Å². The summed E-state index contributed by atoms with van der Waals surface area (Å²) >= 11 is 0. The van der Waals surface area contributed by atoms with Crippen LogP contribution in [0, 0.1) is 19.3 Å². The molecule has 1 aromatic heterocycles. The second-order valence-corrected chi connectivity index (χ2v) is 7.07. The molecule has 142 valence electrons. The molecule has 0 unspecified atom stereocenters. The zero-order chi connectivity index (χ0) is 17.0. The molecule has 1 N–H and O–H groups in total.